The lowest BCUT2D eigenvalue weighted by molar-refractivity contribution is -0.155. The standard InChI is InChI=1S/C23H25N5O3S/c1-16-18(17-7-2-3-8-19(17)25-16)13-22(30)27-11-6-12-28(27)23(31)15-32-14-21(29)26-20-9-4-5-10-24-20/h2-5,7-10,25H,6,11-15H2,1H3,(H,24,26,29). The van der Waals surface area contributed by atoms with Crippen LogP contribution in [0.2, 0.25) is 0 Å². The summed E-state index contributed by atoms with van der Waals surface area (Å²) in [5, 5.41) is 6.80. The summed E-state index contributed by atoms with van der Waals surface area (Å²) >= 11 is 1.22. The first-order valence-electron chi connectivity index (χ1n) is 10.5. The van der Waals surface area contributed by atoms with Gasteiger partial charge in [-0.1, -0.05) is 24.3 Å². The lowest BCUT2D eigenvalue weighted by Gasteiger charge is -2.28. The van der Waals surface area contributed by atoms with Crippen molar-refractivity contribution in [1.82, 2.24) is 20.0 Å². The number of carbonyl (C=O) groups excluding carboxylic acids is 3. The molecule has 2 aromatic heterocycles. The molecule has 0 aliphatic carbocycles. The van der Waals surface area contributed by atoms with Gasteiger partial charge in [0, 0.05) is 35.9 Å². The average Bonchev–Trinajstić information content (AvgIpc) is 3.39. The maximum atomic E-state index is 13.0. The summed E-state index contributed by atoms with van der Waals surface area (Å²) in [6.07, 6.45) is 2.58. The van der Waals surface area contributed by atoms with Crippen molar-refractivity contribution in [2.45, 2.75) is 19.8 Å². The molecule has 1 fully saturated rings. The number of hydrogen-bond acceptors (Lipinski definition) is 5. The molecule has 0 bridgehead atoms. The number of nitrogens with one attached hydrogen (secondary N) is 2. The number of aromatic nitrogens is 2. The molecule has 0 saturated carbocycles. The van der Waals surface area contributed by atoms with Crippen LogP contribution in [0.1, 0.15) is 17.7 Å². The maximum Gasteiger partial charge on any atom is 0.251 e. The summed E-state index contributed by atoms with van der Waals surface area (Å²) in [5.74, 6) is 0.271. The molecule has 8 nitrogen and oxygen atoms in total. The Hall–Kier alpha value is -3.33. The van der Waals surface area contributed by atoms with Crippen molar-refractivity contribution in [3.05, 3.63) is 59.9 Å². The minimum Gasteiger partial charge on any atom is -0.358 e. The summed E-state index contributed by atoms with van der Waals surface area (Å²) in [6.45, 7) is 3.00. The van der Waals surface area contributed by atoms with Crippen molar-refractivity contribution < 1.29 is 14.4 Å². The number of pyridine rings is 1. The predicted molar refractivity (Wildman–Crippen MR) is 125 cm³/mol. The molecule has 3 aromatic rings. The minimum absolute atomic E-state index is 0.0957. The second kappa shape index (κ2) is 9.86. The average molecular weight is 452 g/mol. The van der Waals surface area contributed by atoms with Crippen molar-refractivity contribution in [3.63, 3.8) is 0 Å². The third kappa shape index (κ3) is 4.94. The number of thioether (sulfide) groups is 1. The van der Waals surface area contributed by atoms with Crippen molar-refractivity contribution in [1.29, 1.82) is 0 Å². The number of nitrogens with zero attached hydrogens (tertiary/aromatic N) is 3. The minimum atomic E-state index is -0.217. The van der Waals surface area contributed by atoms with Crippen LogP contribution in [0, 0.1) is 6.92 Å². The van der Waals surface area contributed by atoms with E-state index in [1.54, 1.807) is 29.4 Å². The van der Waals surface area contributed by atoms with Crippen molar-refractivity contribution in [2.75, 3.05) is 29.9 Å². The summed E-state index contributed by atoms with van der Waals surface area (Å²) in [5.41, 5.74) is 2.93. The Morgan fingerprint density at radius 2 is 1.78 bits per heavy atom. The lowest BCUT2D eigenvalue weighted by Crippen LogP contribution is -2.46. The third-order valence-corrected chi connectivity index (χ3v) is 6.27. The molecule has 9 heteroatoms. The second-order valence-electron chi connectivity index (χ2n) is 7.59. The van der Waals surface area contributed by atoms with Gasteiger partial charge in [-0.3, -0.25) is 24.4 Å². The first-order valence-corrected chi connectivity index (χ1v) is 11.6. The van der Waals surface area contributed by atoms with E-state index in [1.165, 1.54) is 16.8 Å². The summed E-state index contributed by atoms with van der Waals surface area (Å²) in [6, 6.07) is 13.2. The molecule has 1 aliphatic heterocycles. The molecule has 1 aliphatic rings. The van der Waals surface area contributed by atoms with Gasteiger partial charge in [-0.15, -0.1) is 11.8 Å². The number of hydrazine groups is 1. The molecular weight excluding hydrogens is 426 g/mol. The van der Waals surface area contributed by atoms with Crippen LogP contribution in [0.15, 0.2) is 48.7 Å². The van der Waals surface area contributed by atoms with Crippen LogP contribution in [0.25, 0.3) is 10.9 Å². The monoisotopic (exact) mass is 451 g/mol. The molecule has 0 atom stereocenters. The lowest BCUT2D eigenvalue weighted by atomic mass is 10.1. The third-order valence-electron chi connectivity index (χ3n) is 5.35. The fourth-order valence-corrected chi connectivity index (χ4v) is 4.54. The molecule has 4 rings (SSSR count). The van der Waals surface area contributed by atoms with E-state index in [-0.39, 0.29) is 35.6 Å². The highest BCUT2D eigenvalue weighted by Crippen LogP contribution is 2.24. The molecule has 0 radical (unpaired) electrons. The molecule has 32 heavy (non-hydrogen) atoms. The molecule has 1 aromatic carbocycles. The van der Waals surface area contributed by atoms with E-state index in [0.29, 0.717) is 18.9 Å². The number of rotatable bonds is 7. The van der Waals surface area contributed by atoms with Crippen molar-refractivity contribution >= 4 is 46.2 Å². The van der Waals surface area contributed by atoms with Crippen LogP contribution < -0.4 is 5.32 Å². The highest BCUT2D eigenvalue weighted by atomic mass is 32.2. The first-order chi connectivity index (χ1) is 15.5. The number of aryl methyl sites for hydroxylation is 1. The number of hydrogen-bond donors (Lipinski definition) is 2. The Bertz CT molecular complexity index is 1130. The van der Waals surface area contributed by atoms with E-state index >= 15 is 0 Å². The Morgan fingerprint density at radius 1 is 1.03 bits per heavy atom. The largest absolute Gasteiger partial charge is 0.358 e. The van der Waals surface area contributed by atoms with Gasteiger partial charge in [0.05, 0.1) is 17.9 Å². The Labute approximate surface area is 190 Å². The maximum absolute atomic E-state index is 13.0. The number of aromatic amines is 1. The topological polar surface area (TPSA) is 98.4 Å². The predicted octanol–water partition coefficient (Wildman–Crippen LogP) is 2.76. The van der Waals surface area contributed by atoms with E-state index in [0.717, 1.165) is 28.6 Å². The Kier molecular flexibility index (Phi) is 6.75. The van der Waals surface area contributed by atoms with E-state index in [2.05, 4.69) is 15.3 Å². The van der Waals surface area contributed by atoms with E-state index < -0.39 is 0 Å². The Balaban J connectivity index is 1.31. The van der Waals surface area contributed by atoms with Gasteiger partial charge in [0.15, 0.2) is 0 Å². The van der Waals surface area contributed by atoms with E-state index in [4.69, 9.17) is 0 Å². The highest BCUT2D eigenvalue weighted by molar-refractivity contribution is 8.00. The quantitative estimate of drug-likeness (QED) is 0.576. The van der Waals surface area contributed by atoms with Crippen molar-refractivity contribution in [2.24, 2.45) is 0 Å². The molecule has 3 heterocycles. The van der Waals surface area contributed by atoms with Gasteiger partial charge in [-0.2, -0.15) is 0 Å². The van der Waals surface area contributed by atoms with Crippen LogP contribution in [0.5, 0.6) is 0 Å². The molecule has 0 spiro atoms. The van der Waals surface area contributed by atoms with Gasteiger partial charge in [0.2, 0.25) is 11.8 Å². The SMILES string of the molecule is Cc1[nH]c2ccccc2c1CC(=O)N1CCCN1C(=O)CSCC(=O)Nc1ccccn1. The summed E-state index contributed by atoms with van der Waals surface area (Å²) in [4.78, 5) is 45.2. The zero-order valence-electron chi connectivity index (χ0n) is 17.8. The number of para-hydroxylation sites is 1. The zero-order valence-corrected chi connectivity index (χ0v) is 18.7. The van der Waals surface area contributed by atoms with Crippen LogP contribution in [0.4, 0.5) is 5.82 Å². The fourth-order valence-electron chi connectivity index (χ4n) is 3.86. The number of benzene rings is 1. The summed E-state index contributed by atoms with van der Waals surface area (Å²) < 4.78 is 0. The zero-order chi connectivity index (χ0) is 22.5. The normalized spacial score (nSPS) is 13.5. The fraction of sp³-hybridized carbons (Fsp3) is 0.304. The highest BCUT2D eigenvalue weighted by Gasteiger charge is 2.31. The van der Waals surface area contributed by atoms with Crippen molar-refractivity contribution in [3.8, 4) is 0 Å². The molecule has 3 amide bonds. The number of fused-ring (bicyclic) bond motifs is 1. The van der Waals surface area contributed by atoms with Gasteiger partial charge in [0.25, 0.3) is 5.91 Å². The smallest absolute Gasteiger partial charge is 0.251 e. The molecule has 0 unspecified atom stereocenters. The molecular formula is C23H25N5O3S. The first kappa shape index (κ1) is 21.9. The molecule has 2 N–H and O–H groups in total. The van der Waals surface area contributed by atoms with Gasteiger partial charge < -0.3 is 10.3 Å². The van der Waals surface area contributed by atoms with Crippen LogP contribution in [-0.4, -0.2) is 62.3 Å². The van der Waals surface area contributed by atoms with E-state index in [1.807, 2.05) is 31.2 Å². The Morgan fingerprint density at radius 3 is 2.56 bits per heavy atom. The second-order valence-corrected chi connectivity index (χ2v) is 8.58. The summed E-state index contributed by atoms with van der Waals surface area (Å²) in [7, 11) is 0. The number of H-pyrrole nitrogens is 1. The van der Waals surface area contributed by atoms with Gasteiger partial charge in [-0.05, 0) is 37.1 Å². The number of carbonyl (C=O) groups is 3. The number of anilines is 1. The van der Waals surface area contributed by atoms with Crippen LogP contribution in [-0.2, 0) is 20.8 Å². The number of amides is 3. The van der Waals surface area contributed by atoms with Crippen LogP contribution in [0.3, 0.4) is 0 Å². The van der Waals surface area contributed by atoms with Gasteiger partial charge in [0.1, 0.15) is 5.82 Å². The molecule has 1 saturated heterocycles. The van der Waals surface area contributed by atoms with E-state index in [9.17, 15) is 14.4 Å². The molecule has 166 valence electrons. The van der Waals surface area contributed by atoms with Crippen LogP contribution >= 0.6 is 11.8 Å². The van der Waals surface area contributed by atoms with Gasteiger partial charge >= 0.3 is 0 Å². The van der Waals surface area contributed by atoms with Gasteiger partial charge in [-0.25, -0.2) is 4.98 Å².